The molecule has 2 amide bonds. The molecule has 2 aliphatic heterocycles. The third kappa shape index (κ3) is 3.92. The monoisotopic (exact) mass is 421 g/mol. The second kappa shape index (κ2) is 8.07. The van der Waals surface area contributed by atoms with Crippen LogP contribution in [0.1, 0.15) is 40.7 Å². The normalized spacial score (nSPS) is 18.6. The molecule has 0 atom stereocenters. The van der Waals surface area contributed by atoms with Gasteiger partial charge in [0, 0.05) is 39.1 Å². The van der Waals surface area contributed by atoms with Crippen LogP contribution in [0, 0.1) is 34.6 Å². The van der Waals surface area contributed by atoms with Crippen LogP contribution >= 0.6 is 0 Å². The standard InChI is InChI=1S/C21H31N3O4S/c1-14-15(2)17(4)21(18(5)16(14)3)29(27,28)24-11-9-22(10-12-24)20(26)13-23-8-6-7-19(23)25/h6-13H2,1-5H3. The zero-order chi connectivity index (χ0) is 21.5. The number of nitrogens with zero attached hydrogens (tertiary/aromatic N) is 3. The Balaban J connectivity index is 1.74. The Hall–Kier alpha value is -1.93. The lowest BCUT2D eigenvalue weighted by Gasteiger charge is -2.35. The number of benzene rings is 1. The van der Waals surface area contributed by atoms with Crippen LogP contribution in [0.15, 0.2) is 4.90 Å². The average Bonchev–Trinajstić information content (AvgIpc) is 3.09. The molecule has 160 valence electrons. The van der Waals surface area contributed by atoms with Crippen molar-refractivity contribution < 1.29 is 18.0 Å². The molecule has 7 nitrogen and oxygen atoms in total. The van der Waals surface area contributed by atoms with Gasteiger partial charge in [0.05, 0.1) is 11.4 Å². The molecule has 2 fully saturated rings. The Morgan fingerprint density at radius 3 is 1.83 bits per heavy atom. The van der Waals surface area contributed by atoms with Gasteiger partial charge < -0.3 is 9.80 Å². The SMILES string of the molecule is Cc1c(C)c(C)c(S(=O)(=O)N2CCN(C(=O)CN3CCCC3=O)CC2)c(C)c1C. The Morgan fingerprint density at radius 1 is 0.828 bits per heavy atom. The Labute approximate surface area is 173 Å². The maximum atomic E-state index is 13.4. The van der Waals surface area contributed by atoms with Crippen LogP contribution in [-0.4, -0.2) is 73.6 Å². The average molecular weight is 422 g/mol. The smallest absolute Gasteiger partial charge is 0.243 e. The van der Waals surface area contributed by atoms with E-state index in [2.05, 4.69) is 0 Å². The van der Waals surface area contributed by atoms with Gasteiger partial charge in [-0.25, -0.2) is 8.42 Å². The summed E-state index contributed by atoms with van der Waals surface area (Å²) in [5.41, 5.74) is 4.76. The van der Waals surface area contributed by atoms with Crippen molar-refractivity contribution >= 4 is 21.8 Å². The lowest BCUT2D eigenvalue weighted by molar-refractivity contribution is -0.139. The van der Waals surface area contributed by atoms with Crippen LogP contribution < -0.4 is 0 Å². The molecule has 0 aromatic heterocycles. The van der Waals surface area contributed by atoms with Gasteiger partial charge >= 0.3 is 0 Å². The predicted octanol–water partition coefficient (Wildman–Crippen LogP) is 1.68. The first-order valence-corrected chi connectivity index (χ1v) is 11.6. The van der Waals surface area contributed by atoms with Crippen molar-refractivity contribution in [3.8, 4) is 0 Å². The molecule has 0 bridgehead atoms. The number of sulfonamides is 1. The van der Waals surface area contributed by atoms with Crippen molar-refractivity contribution in [3.05, 3.63) is 27.8 Å². The van der Waals surface area contributed by atoms with E-state index in [-0.39, 0.29) is 31.4 Å². The third-order valence-corrected chi connectivity index (χ3v) is 8.79. The Bertz CT molecular complexity index is 918. The highest BCUT2D eigenvalue weighted by molar-refractivity contribution is 7.89. The number of hydrogen-bond acceptors (Lipinski definition) is 4. The third-order valence-electron chi connectivity index (χ3n) is 6.62. The van der Waals surface area contributed by atoms with E-state index in [4.69, 9.17) is 0 Å². The maximum absolute atomic E-state index is 13.4. The van der Waals surface area contributed by atoms with Crippen LogP contribution in [0.3, 0.4) is 0 Å². The summed E-state index contributed by atoms with van der Waals surface area (Å²) in [6.45, 7) is 11.7. The Kier molecular flexibility index (Phi) is 6.06. The van der Waals surface area contributed by atoms with Crippen molar-refractivity contribution in [2.24, 2.45) is 0 Å². The van der Waals surface area contributed by atoms with E-state index in [1.165, 1.54) is 4.31 Å². The molecule has 0 unspecified atom stereocenters. The molecule has 3 rings (SSSR count). The number of hydrogen-bond donors (Lipinski definition) is 0. The van der Waals surface area contributed by atoms with E-state index >= 15 is 0 Å². The second-order valence-electron chi connectivity index (χ2n) is 8.16. The first-order chi connectivity index (χ1) is 13.6. The van der Waals surface area contributed by atoms with Crippen LogP contribution in [0.25, 0.3) is 0 Å². The van der Waals surface area contributed by atoms with Gasteiger partial charge in [0.15, 0.2) is 0 Å². The minimum absolute atomic E-state index is 0.0237. The fraction of sp³-hybridized carbons (Fsp3) is 0.619. The molecule has 29 heavy (non-hydrogen) atoms. The Morgan fingerprint density at radius 2 is 1.34 bits per heavy atom. The molecule has 1 aromatic carbocycles. The summed E-state index contributed by atoms with van der Waals surface area (Å²) in [7, 11) is -3.63. The molecule has 2 saturated heterocycles. The zero-order valence-electron chi connectivity index (χ0n) is 18.0. The van der Waals surface area contributed by atoms with Crippen molar-refractivity contribution in [3.63, 3.8) is 0 Å². The van der Waals surface area contributed by atoms with Gasteiger partial charge in [-0.2, -0.15) is 4.31 Å². The van der Waals surface area contributed by atoms with E-state index in [1.54, 1.807) is 9.80 Å². The molecule has 2 aliphatic rings. The summed E-state index contributed by atoms with van der Waals surface area (Å²) in [5, 5.41) is 0. The van der Waals surface area contributed by atoms with E-state index in [0.717, 1.165) is 34.2 Å². The van der Waals surface area contributed by atoms with E-state index in [0.29, 0.717) is 31.0 Å². The van der Waals surface area contributed by atoms with E-state index < -0.39 is 10.0 Å². The molecule has 1 aromatic rings. The van der Waals surface area contributed by atoms with Gasteiger partial charge in [-0.05, 0) is 68.9 Å². The summed E-state index contributed by atoms with van der Waals surface area (Å²) in [5.74, 6) is -0.0812. The van der Waals surface area contributed by atoms with Crippen LogP contribution in [0.5, 0.6) is 0 Å². The molecule has 0 N–H and O–H groups in total. The summed E-state index contributed by atoms with van der Waals surface area (Å²) in [6, 6.07) is 0. The van der Waals surface area contributed by atoms with Crippen LogP contribution in [0.2, 0.25) is 0 Å². The molecular formula is C21H31N3O4S. The maximum Gasteiger partial charge on any atom is 0.243 e. The fourth-order valence-electron chi connectivity index (χ4n) is 4.29. The highest BCUT2D eigenvalue weighted by Crippen LogP contribution is 2.32. The van der Waals surface area contributed by atoms with Gasteiger partial charge in [-0.15, -0.1) is 0 Å². The second-order valence-corrected chi connectivity index (χ2v) is 10.0. The summed E-state index contributed by atoms with van der Waals surface area (Å²) in [4.78, 5) is 27.9. The largest absolute Gasteiger partial charge is 0.339 e. The highest BCUT2D eigenvalue weighted by atomic mass is 32.2. The topological polar surface area (TPSA) is 78.0 Å². The molecule has 0 aliphatic carbocycles. The molecule has 0 radical (unpaired) electrons. The number of likely N-dealkylation sites (tertiary alicyclic amines) is 1. The van der Waals surface area contributed by atoms with Crippen molar-refractivity contribution in [1.82, 2.24) is 14.1 Å². The first kappa shape index (κ1) is 21.8. The number of carbonyl (C=O) groups is 2. The van der Waals surface area contributed by atoms with Crippen molar-refractivity contribution in [2.75, 3.05) is 39.3 Å². The van der Waals surface area contributed by atoms with Crippen molar-refractivity contribution in [2.45, 2.75) is 52.4 Å². The number of amides is 2. The minimum atomic E-state index is -3.63. The number of rotatable bonds is 4. The fourth-order valence-corrected chi connectivity index (χ4v) is 6.28. The van der Waals surface area contributed by atoms with Gasteiger partial charge in [0.2, 0.25) is 21.8 Å². The van der Waals surface area contributed by atoms with Crippen LogP contribution in [-0.2, 0) is 19.6 Å². The van der Waals surface area contributed by atoms with Crippen molar-refractivity contribution in [1.29, 1.82) is 0 Å². The first-order valence-electron chi connectivity index (χ1n) is 10.2. The summed E-state index contributed by atoms with van der Waals surface area (Å²) >= 11 is 0. The lowest BCUT2D eigenvalue weighted by atomic mass is 9.95. The summed E-state index contributed by atoms with van der Waals surface area (Å²) in [6.07, 6.45) is 1.31. The minimum Gasteiger partial charge on any atom is -0.339 e. The zero-order valence-corrected chi connectivity index (χ0v) is 18.9. The van der Waals surface area contributed by atoms with Gasteiger partial charge in [0.1, 0.15) is 0 Å². The highest BCUT2D eigenvalue weighted by Gasteiger charge is 2.34. The van der Waals surface area contributed by atoms with Gasteiger partial charge in [-0.1, -0.05) is 0 Å². The van der Waals surface area contributed by atoms with E-state index in [9.17, 15) is 18.0 Å². The molecular weight excluding hydrogens is 390 g/mol. The molecule has 2 heterocycles. The van der Waals surface area contributed by atoms with Crippen LogP contribution in [0.4, 0.5) is 0 Å². The van der Waals surface area contributed by atoms with E-state index in [1.807, 2.05) is 34.6 Å². The summed E-state index contributed by atoms with van der Waals surface area (Å²) < 4.78 is 28.3. The predicted molar refractivity (Wildman–Crippen MR) is 111 cm³/mol. The lowest BCUT2D eigenvalue weighted by Crippen LogP contribution is -2.52. The quantitative estimate of drug-likeness (QED) is 0.741. The number of carbonyl (C=O) groups excluding carboxylic acids is 2. The van der Waals surface area contributed by atoms with Gasteiger partial charge in [0.25, 0.3) is 0 Å². The van der Waals surface area contributed by atoms with Gasteiger partial charge in [-0.3, -0.25) is 9.59 Å². The molecule has 0 spiro atoms. The molecule has 8 heteroatoms. The number of piperazine rings is 1. The molecule has 0 saturated carbocycles.